The van der Waals surface area contributed by atoms with Crippen LogP contribution in [0.1, 0.15) is 324 Å². The van der Waals surface area contributed by atoms with E-state index in [4.69, 9.17) is 37.0 Å². The SMILES string of the molecule is CCCCCCCCCCCCC(=O)OC[C@H](COP(=O)(O)OC[C@H](O)COP(=O)(O)OC[C@@H](COC(=O)CCCCCCCCCCC(C)C)OC(=O)CCCCCCCCCCCCC(C)C)OC(=O)CCCCCCCCCCCC. The van der Waals surface area contributed by atoms with E-state index in [1.165, 1.54) is 141 Å². The first-order valence-corrected chi connectivity index (χ1v) is 37.0. The van der Waals surface area contributed by atoms with Crippen molar-refractivity contribution in [2.24, 2.45) is 11.8 Å². The maximum atomic E-state index is 13.0. The molecule has 3 N–H and O–H groups in total. The van der Waals surface area contributed by atoms with Crippen LogP contribution in [0, 0.1) is 11.8 Å². The number of phosphoric acid groups is 2. The number of aliphatic hydroxyl groups is 1. The average Bonchev–Trinajstić information content (AvgIpc) is 3.57. The Labute approximate surface area is 511 Å². The molecule has 84 heavy (non-hydrogen) atoms. The van der Waals surface area contributed by atoms with Crippen LogP contribution in [0.25, 0.3) is 0 Å². The van der Waals surface area contributed by atoms with Gasteiger partial charge < -0.3 is 33.8 Å². The normalized spacial score (nSPS) is 14.3. The number of esters is 4. The van der Waals surface area contributed by atoms with Crippen LogP contribution in [0.2, 0.25) is 0 Å². The molecule has 5 atom stereocenters. The number of hydrogen-bond acceptors (Lipinski definition) is 15. The Hall–Kier alpha value is -1.94. The molecule has 2 unspecified atom stereocenters. The van der Waals surface area contributed by atoms with Crippen molar-refractivity contribution < 1.29 is 80.2 Å². The fourth-order valence-electron chi connectivity index (χ4n) is 9.71. The standard InChI is InChI=1S/C65H126O17P2/c1-7-9-11-13-15-17-22-29-35-41-47-62(67)75-53-60(81-64(69)49-43-37-31-23-18-16-14-12-10-8-2)55-79-83(71,72)77-51-59(66)52-78-84(73,74)80-56-61(54-76-63(68)48-42-36-30-26-25-28-34-40-46-58(5)6)82-65(70)50-44-38-32-24-20-19-21-27-33-39-45-57(3)4/h57-61,66H,7-56H2,1-6H3,(H,71,72)(H,73,74)/t59-,60+,61+/m0/s1. The average molecular weight is 1240 g/mol. The van der Waals surface area contributed by atoms with Crippen molar-refractivity contribution in [3.05, 3.63) is 0 Å². The van der Waals surface area contributed by atoms with Crippen LogP contribution in [-0.2, 0) is 65.4 Å². The molecular weight excluding hydrogens is 1110 g/mol. The van der Waals surface area contributed by atoms with E-state index in [1.807, 2.05) is 0 Å². The van der Waals surface area contributed by atoms with Crippen LogP contribution in [0.4, 0.5) is 0 Å². The van der Waals surface area contributed by atoms with Crippen molar-refractivity contribution in [2.75, 3.05) is 39.6 Å². The summed E-state index contributed by atoms with van der Waals surface area (Å²) in [4.78, 5) is 72.2. The van der Waals surface area contributed by atoms with Gasteiger partial charge in [-0.3, -0.25) is 37.3 Å². The highest BCUT2D eigenvalue weighted by atomic mass is 31.2. The Morgan fingerprint density at radius 3 is 0.810 bits per heavy atom. The number of hydrogen-bond donors (Lipinski definition) is 3. The summed E-state index contributed by atoms with van der Waals surface area (Å²) in [5, 5.41) is 10.5. The summed E-state index contributed by atoms with van der Waals surface area (Å²) in [7, 11) is -9.89. The van der Waals surface area contributed by atoms with Gasteiger partial charge in [0.1, 0.15) is 19.3 Å². The van der Waals surface area contributed by atoms with Crippen molar-refractivity contribution in [3.63, 3.8) is 0 Å². The number of ether oxygens (including phenoxy) is 4. The molecule has 0 aromatic rings. The predicted molar refractivity (Wildman–Crippen MR) is 335 cm³/mol. The van der Waals surface area contributed by atoms with Crippen LogP contribution < -0.4 is 0 Å². The second-order valence-electron chi connectivity index (χ2n) is 24.5. The Balaban J connectivity index is 5.24. The highest BCUT2D eigenvalue weighted by molar-refractivity contribution is 7.47. The van der Waals surface area contributed by atoms with Crippen LogP contribution in [0.15, 0.2) is 0 Å². The molecule has 0 spiro atoms. The van der Waals surface area contributed by atoms with Crippen molar-refractivity contribution >= 4 is 39.5 Å². The first kappa shape index (κ1) is 82.1. The van der Waals surface area contributed by atoms with Gasteiger partial charge in [0.2, 0.25) is 0 Å². The predicted octanol–water partition coefficient (Wildman–Crippen LogP) is 18.0. The zero-order valence-corrected chi connectivity index (χ0v) is 56.0. The summed E-state index contributed by atoms with van der Waals surface area (Å²) in [5.74, 6) is -0.654. The summed E-state index contributed by atoms with van der Waals surface area (Å²) in [6, 6.07) is 0. The highest BCUT2D eigenvalue weighted by Gasteiger charge is 2.30. The molecule has 0 heterocycles. The quantitative estimate of drug-likeness (QED) is 0.0222. The van der Waals surface area contributed by atoms with Gasteiger partial charge in [-0.15, -0.1) is 0 Å². The minimum atomic E-state index is -4.95. The lowest BCUT2D eigenvalue weighted by Gasteiger charge is -2.21. The fraction of sp³-hybridized carbons (Fsp3) is 0.938. The molecule has 0 aromatic heterocycles. The van der Waals surface area contributed by atoms with E-state index >= 15 is 0 Å². The van der Waals surface area contributed by atoms with Gasteiger partial charge in [-0.2, -0.15) is 0 Å². The van der Waals surface area contributed by atoms with Gasteiger partial charge in [0.15, 0.2) is 12.2 Å². The first-order chi connectivity index (χ1) is 40.4. The van der Waals surface area contributed by atoms with Gasteiger partial charge in [0.05, 0.1) is 26.4 Å². The zero-order valence-electron chi connectivity index (χ0n) is 54.2. The van der Waals surface area contributed by atoms with Crippen molar-refractivity contribution in [1.82, 2.24) is 0 Å². The van der Waals surface area contributed by atoms with E-state index < -0.39 is 97.5 Å². The summed E-state index contributed by atoms with van der Waals surface area (Å²) in [5.41, 5.74) is 0. The van der Waals surface area contributed by atoms with E-state index in [1.54, 1.807) is 0 Å². The first-order valence-electron chi connectivity index (χ1n) is 34.0. The molecule has 17 nitrogen and oxygen atoms in total. The molecule has 0 radical (unpaired) electrons. The van der Waals surface area contributed by atoms with Crippen molar-refractivity contribution in [2.45, 2.75) is 342 Å². The van der Waals surface area contributed by atoms with Crippen LogP contribution >= 0.6 is 15.6 Å². The van der Waals surface area contributed by atoms with E-state index in [-0.39, 0.29) is 25.7 Å². The van der Waals surface area contributed by atoms with Gasteiger partial charge in [-0.05, 0) is 37.5 Å². The van der Waals surface area contributed by atoms with Crippen molar-refractivity contribution in [3.8, 4) is 0 Å². The molecule has 0 bridgehead atoms. The van der Waals surface area contributed by atoms with E-state index in [9.17, 15) is 43.2 Å². The van der Waals surface area contributed by atoms with Crippen LogP contribution in [0.3, 0.4) is 0 Å². The summed E-state index contributed by atoms with van der Waals surface area (Å²) in [6.07, 6.45) is 40.2. The fourth-order valence-corrected chi connectivity index (χ4v) is 11.3. The maximum absolute atomic E-state index is 13.0. The third kappa shape index (κ3) is 59.0. The van der Waals surface area contributed by atoms with Crippen molar-refractivity contribution in [1.29, 1.82) is 0 Å². The highest BCUT2D eigenvalue weighted by Crippen LogP contribution is 2.45. The number of aliphatic hydroxyl groups excluding tert-OH is 1. The number of phosphoric ester groups is 2. The summed E-state index contributed by atoms with van der Waals surface area (Å²) < 4.78 is 68.0. The summed E-state index contributed by atoms with van der Waals surface area (Å²) >= 11 is 0. The maximum Gasteiger partial charge on any atom is 0.472 e. The van der Waals surface area contributed by atoms with E-state index in [0.717, 1.165) is 102 Å². The van der Waals surface area contributed by atoms with E-state index in [0.29, 0.717) is 25.7 Å². The molecule has 0 aliphatic rings. The molecular formula is C65H126O17P2. The Kier molecular flexibility index (Phi) is 56.2. The molecule has 0 fully saturated rings. The van der Waals surface area contributed by atoms with Gasteiger partial charge >= 0.3 is 39.5 Å². The van der Waals surface area contributed by atoms with Gasteiger partial charge in [0.25, 0.3) is 0 Å². The van der Waals surface area contributed by atoms with Gasteiger partial charge in [-0.25, -0.2) is 9.13 Å². The smallest absolute Gasteiger partial charge is 0.462 e. The Morgan fingerprint density at radius 1 is 0.321 bits per heavy atom. The third-order valence-electron chi connectivity index (χ3n) is 15.0. The monoisotopic (exact) mass is 1240 g/mol. The number of carbonyl (C=O) groups is 4. The Bertz CT molecular complexity index is 1650. The molecule has 0 aliphatic carbocycles. The number of unbranched alkanes of at least 4 members (excludes halogenated alkanes) is 34. The lowest BCUT2D eigenvalue weighted by Crippen LogP contribution is -2.30. The molecule has 0 rings (SSSR count). The van der Waals surface area contributed by atoms with Gasteiger partial charge in [-0.1, -0.05) is 273 Å². The molecule has 0 aromatic carbocycles. The number of carbonyl (C=O) groups excluding carboxylic acids is 4. The zero-order chi connectivity index (χ0) is 62.2. The van der Waals surface area contributed by atoms with Crippen LogP contribution in [0.5, 0.6) is 0 Å². The second kappa shape index (κ2) is 57.5. The number of rotatable bonds is 64. The van der Waals surface area contributed by atoms with Gasteiger partial charge in [0, 0.05) is 25.7 Å². The topological polar surface area (TPSA) is 237 Å². The Morgan fingerprint density at radius 2 is 0.548 bits per heavy atom. The summed E-state index contributed by atoms with van der Waals surface area (Å²) in [6.45, 7) is 9.44. The molecule has 0 saturated carbocycles. The lowest BCUT2D eigenvalue weighted by atomic mass is 10.0. The van der Waals surface area contributed by atoms with E-state index in [2.05, 4.69) is 41.5 Å². The molecule has 19 heteroatoms. The third-order valence-corrected chi connectivity index (χ3v) is 16.9. The minimum Gasteiger partial charge on any atom is -0.462 e. The largest absolute Gasteiger partial charge is 0.472 e. The minimum absolute atomic E-state index is 0.105. The lowest BCUT2D eigenvalue weighted by molar-refractivity contribution is -0.161. The second-order valence-corrected chi connectivity index (χ2v) is 27.4. The molecule has 0 aliphatic heterocycles. The molecule has 0 amide bonds. The molecule has 498 valence electrons. The van der Waals surface area contributed by atoms with Crippen LogP contribution in [-0.4, -0.2) is 96.7 Å². The molecule has 0 saturated heterocycles.